The van der Waals surface area contributed by atoms with Crippen molar-refractivity contribution in [2.24, 2.45) is 0 Å². The number of rotatable bonds is 6. The highest BCUT2D eigenvalue weighted by Crippen LogP contribution is 2.35. The Kier molecular flexibility index (Phi) is 5.96. The zero-order valence-corrected chi connectivity index (χ0v) is 13.5. The van der Waals surface area contributed by atoms with Gasteiger partial charge in [-0.2, -0.15) is 0 Å². The lowest BCUT2D eigenvalue weighted by molar-refractivity contribution is 0.669. The Hall–Kier alpha value is -0.960. The van der Waals surface area contributed by atoms with E-state index >= 15 is 0 Å². The van der Waals surface area contributed by atoms with Crippen molar-refractivity contribution in [2.45, 2.75) is 36.6 Å². The highest BCUT2D eigenvalue weighted by atomic mass is 35.5. The maximum Gasteiger partial charge on any atom is 0.0462 e. The molecule has 2 rings (SSSR count). The first kappa shape index (κ1) is 15.4. The molecule has 0 aliphatic heterocycles. The van der Waals surface area contributed by atoms with Gasteiger partial charge in [0, 0.05) is 21.4 Å². The molecule has 0 heterocycles. The largest absolute Gasteiger partial charge is 0.313 e. The molecule has 0 aromatic heterocycles. The molecular weight excluding hydrogens is 286 g/mol. The molecule has 0 fully saturated rings. The van der Waals surface area contributed by atoms with Crippen LogP contribution in [-0.2, 0) is 6.54 Å². The summed E-state index contributed by atoms with van der Waals surface area (Å²) in [5.74, 6) is 0. The minimum atomic E-state index is 0.821. The van der Waals surface area contributed by atoms with Crippen LogP contribution in [0.15, 0.2) is 52.3 Å². The van der Waals surface area contributed by atoms with Gasteiger partial charge in [-0.1, -0.05) is 54.6 Å². The van der Waals surface area contributed by atoms with Crippen molar-refractivity contribution in [1.29, 1.82) is 0 Å². The number of nitrogens with one attached hydrogen (secondary N) is 1. The molecule has 1 nitrogen and oxygen atoms in total. The SMILES string of the molecule is CCCNCc1c(Cl)cccc1Sc1ccccc1C. The number of halogens is 1. The zero-order chi connectivity index (χ0) is 14.4. The predicted octanol–water partition coefficient (Wildman–Crippen LogP) is 5.30. The van der Waals surface area contributed by atoms with E-state index in [1.54, 1.807) is 11.8 Å². The molecule has 20 heavy (non-hydrogen) atoms. The van der Waals surface area contributed by atoms with Crippen molar-refractivity contribution in [1.82, 2.24) is 5.32 Å². The molecule has 0 radical (unpaired) electrons. The molecule has 106 valence electrons. The average Bonchev–Trinajstić information content (AvgIpc) is 2.44. The Morgan fingerprint density at radius 1 is 1.05 bits per heavy atom. The van der Waals surface area contributed by atoms with Crippen LogP contribution in [0, 0.1) is 6.92 Å². The molecule has 0 bridgehead atoms. The molecule has 0 aliphatic carbocycles. The molecule has 0 unspecified atom stereocenters. The lowest BCUT2D eigenvalue weighted by atomic mass is 10.2. The molecule has 3 heteroatoms. The van der Waals surface area contributed by atoms with Gasteiger partial charge < -0.3 is 5.32 Å². The van der Waals surface area contributed by atoms with Gasteiger partial charge in [0.1, 0.15) is 0 Å². The van der Waals surface area contributed by atoms with Crippen molar-refractivity contribution >= 4 is 23.4 Å². The van der Waals surface area contributed by atoms with Gasteiger partial charge in [-0.05, 0) is 49.2 Å². The van der Waals surface area contributed by atoms with Crippen LogP contribution in [0.5, 0.6) is 0 Å². The third-order valence-corrected chi connectivity index (χ3v) is 4.75. The molecule has 0 amide bonds. The lowest BCUT2D eigenvalue weighted by Gasteiger charge is -2.13. The molecule has 0 saturated heterocycles. The van der Waals surface area contributed by atoms with Gasteiger partial charge >= 0.3 is 0 Å². The number of hydrogen-bond donors (Lipinski definition) is 1. The average molecular weight is 306 g/mol. The minimum absolute atomic E-state index is 0.821. The fourth-order valence-electron chi connectivity index (χ4n) is 1.99. The van der Waals surface area contributed by atoms with E-state index < -0.39 is 0 Å². The van der Waals surface area contributed by atoms with Gasteiger partial charge in [0.25, 0.3) is 0 Å². The van der Waals surface area contributed by atoms with E-state index in [0.717, 1.165) is 24.5 Å². The summed E-state index contributed by atoms with van der Waals surface area (Å²) in [7, 11) is 0. The first-order valence-electron chi connectivity index (χ1n) is 6.94. The first-order chi connectivity index (χ1) is 9.72. The topological polar surface area (TPSA) is 12.0 Å². The van der Waals surface area contributed by atoms with E-state index in [0.29, 0.717) is 0 Å². The van der Waals surface area contributed by atoms with Gasteiger partial charge in [-0.25, -0.2) is 0 Å². The second-order valence-electron chi connectivity index (χ2n) is 4.76. The number of hydrogen-bond acceptors (Lipinski definition) is 2. The van der Waals surface area contributed by atoms with Crippen LogP contribution in [-0.4, -0.2) is 6.54 Å². The van der Waals surface area contributed by atoms with Crippen molar-refractivity contribution in [3.8, 4) is 0 Å². The quantitative estimate of drug-likeness (QED) is 0.727. The zero-order valence-electron chi connectivity index (χ0n) is 11.9. The summed E-state index contributed by atoms with van der Waals surface area (Å²) in [6, 6.07) is 14.6. The van der Waals surface area contributed by atoms with Gasteiger partial charge in [-0.15, -0.1) is 0 Å². The van der Waals surface area contributed by atoms with Crippen LogP contribution in [0.3, 0.4) is 0 Å². The Morgan fingerprint density at radius 3 is 2.55 bits per heavy atom. The van der Waals surface area contributed by atoms with Crippen LogP contribution in [0.25, 0.3) is 0 Å². The van der Waals surface area contributed by atoms with Gasteiger partial charge in [0.05, 0.1) is 0 Å². The monoisotopic (exact) mass is 305 g/mol. The van der Waals surface area contributed by atoms with E-state index in [9.17, 15) is 0 Å². The van der Waals surface area contributed by atoms with Crippen LogP contribution < -0.4 is 5.32 Å². The van der Waals surface area contributed by atoms with E-state index in [4.69, 9.17) is 11.6 Å². The Bertz CT molecular complexity index is 569. The lowest BCUT2D eigenvalue weighted by Crippen LogP contribution is -2.14. The third-order valence-electron chi connectivity index (χ3n) is 3.12. The van der Waals surface area contributed by atoms with Crippen LogP contribution >= 0.6 is 23.4 Å². The van der Waals surface area contributed by atoms with Crippen LogP contribution in [0.4, 0.5) is 0 Å². The second-order valence-corrected chi connectivity index (χ2v) is 6.25. The van der Waals surface area contributed by atoms with E-state index in [2.05, 4.69) is 49.5 Å². The second kappa shape index (κ2) is 7.72. The van der Waals surface area contributed by atoms with Gasteiger partial charge in [-0.3, -0.25) is 0 Å². The minimum Gasteiger partial charge on any atom is -0.313 e. The Balaban J connectivity index is 2.23. The highest BCUT2D eigenvalue weighted by molar-refractivity contribution is 7.99. The molecule has 0 spiro atoms. The smallest absolute Gasteiger partial charge is 0.0462 e. The summed E-state index contributed by atoms with van der Waals surface area (Å²) in [4.78, 5) is 2.52. The number of aryl methyl sites for hydroxylation is 1. The molecule has 2 aromatic rings. The van der Waals surface area contributed by atoms with Crippen molar-refractivity contribution in [2.75, 3.05) is 6.54 Å². The Morgan fingerprint density at radius 2 is 1.80 bits per heavy atom. The summed E-state index contributed by atoms with van der Waals surface area (Å²) in [6.45, 7) is 6.14. The molecule has 0 aliphatic rings. The van der Waals surface area contributed by atoms with Crippen LogP contribution in [0.2, 0.25) is 5.02 Å². The standard InChI is InChI=1S/C17H20ClNS/c1-3-11-19-12-14-15(18)8-6-10-17(14)20-16-9-5-4-7-13(16)2/h4-10,19H,3,11-12H2,1-2H3. The third kappa shape index (κ3) is 4.02. The predicted molar refractivity (Wildman–Crippen MR) is 88.8 cm³/mol. The fraction of sp³-hybridized carbons (Fsp3) is 0.294. The maximum absolute atomic E-state index is 6.36. The molecule has 2 aromatic carbocycles. The van der Waals surface area contributed by atoms with E-state index in [-0.39, 0.29) is 0 Å². The maximum atomic E-state index is 6.36. The first-order valence-corrected chi connectivity index (χ1v) is 8.13. The summed E-state index contributed by atoms with van der Waals surface area (Å²) in [5.41, 5.74) is 2.49. The molecule has 1 N–H and O–H groups in total. The van der Waals surface area contributed by atoms with Crippen molar-refractivity contribution in [3.05, 3.63) is 58.6 Å². The van der Waals surface area contributed by atoms with Crippen molar-refractivity contribution < 1.29 is 0 Å². The van der Waals surface area contributed by atoms with Gasteiger partial charge in [0.15, 0.2) is 0 Å². The summed E-state index contributed by atoms with van der Waals surface area (Å²) < 4.78 is 0. The Labute approximate surface area is 130 Å². The molecular formula is C17H20ClNS. The molecule has 0 saturated carbocycles. The summed E-state index contributed by atoms with van der Waals surface area (Å²) >= 11 is 8.15. The molecule has 0 atom stereocenters. The normalized spacial score (nSPS) is 10.8. The van der Waals surface area contributed by atoms with E-state index in [1.807, 2.05) is 12.1 Å². The number of benzene rings is 2. The fourth-order valence-corrected chi connectivity index (χ4v) is 3.35. The van der Waals surface area contributed by atoms with E-state index in [1.165, 1.54) is 20.9 Å². The summed E-state index contributed by atoms with van der Waals surface area (Å²) in [5, 5.41) is 4.28. The van der Waals surface area contributed by atoms with Crippen LogP contribution in [0.1, 0.15) is 24.5 Å². The summed E-state index contributed by atoms with van der Waals surface area (Å²) in [6.07, 6.45) is 1.13. The van der Waals surface area contributed by atoms with Crippen molar-refractivity contribution in [3.63, 3.8) is 0 Å². The van der Waals surface area contributed by atoms with Gasteiger partial charge in [0.2, 0.25) is 0 Å². The highest BCUT2D eigenvalue weighted by Gasteiger charge is 2.09.